The molecule has 0 saturated heterocycles. The van der Waals surface area contributed by atoms with Gasteiger partial charge in [-0.25, -0.2) is 9.59 Å². The fraction of sp³-hybridized carbons (Fsp3) is 0.462. The van der Waals surface area contributed by atoms with E-state index in [4.69, 9.17) is 23.7 Å². The molecule has 1 aromatic rings. The highest BCUT2D eigenvalue weighted by molar-refractivity contribution is 5.90. The number of methoxy groups -OCH3 is 1. The molecule has 3 N–H and O–H groups in total. The van der Waals surface area contributed by atoms with Crippen LogP contribution in [-0.2, 0) is 47.7 Å². The monoisotopic (exact) mass is 563 g/mol. The average Bonchev–Trinajstić information content (AvgIpc) is 2.86. The molecule has 40 heavy (non-hydrogen) atoms. The maximum atomic E-state index is 12.9. The van der Waals surface area contributed by atoms with Crippen molar-refractivity contribution in [2.75, 3.05) is 19.0 Å². The van der Waals surface area contributed by atoms with Gasteiger partial charge in [0.15, 0.2) is 18.3 Å². The van der Waals surface area contributed by atoms with Gasteiger partial charge < -0.3 is 39.6 Å². The molecular weight excluding hydrogens is 530 g/mol. The molecule has 0 unspecified atom stereocenters. The van der Waals surface area contributed by atoms with E-state index in [9.17, 15) is 28.8 Å². The number of benzene rings is 1. The van der Waals surface area contributed by atoms with Crippen LogP contribution in [0.2, 0.25) is 0 Å². The molecule has 1 heterocycles. The minimum absolute atomic E-state index is 0.388. The van der Waals surface area contributed by atoms with E-state index < -0.39 is 72.8 Å². The Balaban J connectivity index is 2.54. The minimum Gasteiger partial charge on any atom is -0.477 e. The Labute approximate surface area is 230 Å². The molecular formula is C26H33N3O11. The van der Waals surface area contributed by atoms with Crippen molar-refractivity contribution in [3.8, 4) is 0 Å². The van der Waals surface area contributed by atoms with Gasteiger partial charge in [-0.15, -0.1) is 0 Å². The Morgan fingerprint density at radius 2 is 1.52 bits per heavy atom. The lowest BCUT2D eigenvalue weighted by molar-refractivity contribution is -0.188. The van der Waals surface area contributed by atoms with Crippen LogP contribution in [0.1, 0.15) is 33.3 Å². The molecule has 218 valence electrons. The third kappa shape index (κ3) is 9.60. The largest absolute Gasteiger partial charge is 0.477 e. The molecule has 2 rings (SSSR count). The van der Waals surface area contributed by atoms with Crippen molar-refractivity contribution in [3.63, 3.8) is 0 Å². The number of aryl methyl sites for hydroxylation is 1. The number of esters is 4. The van der Waals surface area contributed by atoms with E-state index in [0.717, 1.165) is 33.4 Å². The van der Waals surface area contributed by atoms with Crippen LogP contribution in [0.15, 0.2) is 36.1 Å². The summed E-state index contributed by atoms with van der Waals surface area (Å²) in [6.07, 6.45) is -3.19. The Kier molecular flexibility index (Phi) is 11.5. The summed E-state index contributed by atoms with van der Waals surface area (Å²) in [6.45, 7) is 5.80. The van der Waals surface area contributed by atoms with Gasteiger partial charge in [-0.2, -0.15) is 0 Å². The zero-order valence-corrected chi connectivity index (χ0v) is 23.0. The second-order valence-electron chi connectivity index (χ2n) is 8.85. The molecule has 14 nitrogen and oxygen atoms in total. The third-order valence-corrected chi connectivity index (χ3v) is 5.46. The van der Waals surface area contributed by atoms with Crippen molar-refractivity contribution in [1.82, 2.24) is 10.6 Å². The van der Waals surface area contributed by atoms with E-state index in [0.29, 0.717) is 5.69 Å². The molecule has 3 amide bonds. The maximum Gasteiger partial charge on any atom is 0.373 e. The first-order chi connectivity index (χ1) is 18.8. The molecule has 1 aliphatic rings. The SMILES string of the molecule is COC(=O)C1=C[C@H](NC(=O)Nc2ccc(C)cc2)[C@@H](NC(C)=O)[C@H]([C@H](OC(C)=O)[C@@H](COC(C)=O)OC(C)=O)O1. The van der Waals surface area contributed by atoms with Gasteiger partial charge in [0.05, 0.1) is 19.2 Å². The summed E-state index contributed by atoms with van der Waals surface area (Å²) < 4.78 is 26.3. The zero-order valence-electron chi connectivity index (χ0n) is 23.0. The normalized spacial score (nSPS) is 19.4. The third-order valence-electron chi connectivity index (χ3n) is 5.46. The molecule has 1 aliphatic heterocycles. The number of hydrogen-bond donors (Lipinski definition) is 3. The van der Waals surface area contributed by atoms with Crippen LogP contribution in [-0.4, -0.2) is 79.9 Å². The Morgan fingerprint density at radius 3 is 2.05 bits per heavy atom. The number of rotatable bonds is 10. The maximum absolute atomic E-state index is 12.9. The first kappa shape index (κ1) is 31.6. The minimum atomic E-state index is -1.53. The number of nitrogens with one attached hydrogen (secondary N) is 3. The topological polar surface area (TPSA) is 185 Å². The van der Waals surface area contributed by atoms with E-state index in [2.05, 4.69) is 16.0 Å². The fourth-order valence-corrected chi connectivity index (χ4v) is 3.87. The number of amides is 3. The van der Waals surface area contributed by atoms with Gasteiger partial charge in [-0.1, -0.05) is 17.7 Å². The van der Waals surface area contributed by atoms with Crippen molar-refractivity contribution >= 4 is 41.5 Å². The van der Waals surface area contributed by atoms with E-state index in [1.54, 1.807) is 24.3 Å². The van der Waals surface area contributed by atoms with Gasteiger partial charge in [0.25, 0.3) is 0 Å². The zero-order chi connectivity index (χ0) is 30.0. The van der Waals surface area contributed by atoms with Gasteiger partial charge in [0.2, 0.25) is 11.7 Å². The molecule has 0 saturated carbocycles. The molecule has 0 radical (unpaired) electrons. The highest BCUT2D eigenvalue weighted by Crippen LogP contribution is 2.27. The standard InChI is InChI=1S/C26H33N3O11/c1-13-7-9-18(10-8-13)28-26(35)29-19-11-20(25(34)36-6)40-24(22(19)27-14(2)30)23(39-17(5)33)21(38-16(4)32)12-37-15(3)31/h7-11,19,21-24H,12H2,1-6H3,(H,27,30)(H2,28,29,35)/t19-,21+,22+,23+,24+/m0/s1. The summed E-state index contributed by atoms with van der Waals surface area (Å²) in [7, 11) is 1.10. The summed E-state index contributed by atoms with van der Waals surface area (Å²) >= 11 is 0. The van der Waals surface area contributed by atoms with Crippen molar-refractivity contribution in [1.29, 1.82) is 0 Å². The predicted molar refractivity (Wildman–Crippen MR) is 137 cm³/mol. The second-order valence-corrected chi connectivity index (χ2v) is 8.85. The molecule has 0 aromatic heterocycles. The second kappa shape index (κ2) is 14.5. The Hall–Kier alpha value is -4.62. The molecule has 5 atom stereocenters. The van der Waals surface area contributed by atoms with Crippen LogP contribution < -0.4 is 16.0 Å². The highest BCUT2D eigenvalue weighted by atomic mass is 16.6. The van der Waals surface area contributed by atoms with Crippen molar-refractivity contribution < 1.29 is 52.5 Å². The van der Waals surface area contributed by atoms with Crippen LogP contribution in [0, 0.1) is 6.92 Å². The number of urea groups is 1. The summed E-state index contributed by atoms with van der Waals surface area (Å²) in [5.74, 6) is -4.26. The molecule has 1 aromatic carbocycles. The van der Waals surface area contributed by atoms with Crippen molar-refractivity contribution in [3.05, 3.63) is 41.7 Å². The van der Waals surface area contributed by atoms with Gasteiger partial charge in [-0.3, -0.25) is 19.2 Å². The Morgan fingerprint density at radius 1 is 0.900 bits per heavy atom. The van der Waals surface area contributed by atoms with Crippen LogP contribution in [0.4, 0.5) is 10.5 Å². The number of hydrogen-bond acceptors (Lipinski definition) is 11. The van der Waals surface area contributed by atoms with Gasteiger partial charge in [0.1, 0.15) is 6.61 Å². The molecule has 0 fully saturated rings. The van der Waals surface area contributed by atoms with Crippen molar-refractivity contribution in [2.45, 2.75) is 65.0 Å². The fourth-order valence-electron chi connectivity index (χ4n) is 3.87. The number of carbonyl (C=O) groups is 6. The molecule has 0 spiro atoms. The van der Waals surface area contributed by atoms with Gasteiger partial charge in [0, 0.05) is 33.4 Å². The molecule has 0 bridgehead atoms. The van der Waals surface area contributed by atoms with E-state index in [1.165, 1.54) is 13.0 Å². The first-order valence-corrected chi connectivity index (χ1v) is 12.2. The summed E-state index contributed by atoms with van der Waals surface area (Å²) in [4.78, 5) is 73.2. The highest BCUT2D eigenvalue weighted by Gasteiger charge is 2.48. The van der Waals surface area contributed by atoms with Crippen LogP contribution in [0.3, 0.4) is 0 Å². The lowest BCUT2D eigenvalue weighted by Crippen LogP contribution is -2.64. The summed E-state index contributed by atoms with van der Waals surface area (Å²) in [6, 6.07) is 3.91. The molecule has 0 aliphatic carbocycles. The summed E-state index contributed by atoms with van der Waals surface area (Å²) in [5.41, 5.74) is 1.44. The molecule has 14 heteroatoms. The van der Waals surface area contributed by atoms with Gasteiger partial charge in [-0.05, 0) is 25.1 Å². The van der Waals surface area contributed by atoms with Crippen LogP contribution in [0.5, 0.6) is 0 Å². The van der Waals surface area contributed by atoms with Crippen LogP contribution in [0.25, 0.3) is 0 Å². The Bertz CT molecular complexity index is 1150. The summed E-state index contributed by atoms with van der Waals surface area (Å²) in [5, 5.41) is 7.92. The van der Waals surface area contributed by atoms with Crippen LogP contribution >= 0.6 is 0 Å². The number of carbonyl (C=O) groups excluding carboxylic acids is 6. The lowest BCUT2D eigenvalue weighted by Gasteiger charge is -2.41. The number of anilines is 1. The van der Waals surface area contributed by atoms with E-state index in [1.807, 2.05) is 6.92 Å². The van der Waals surface area contributed by atoms with Crippen molar-refractivity contribution in [2.24, 2.45) is 0 Å². The average molecular weight is 564 g/mol. The van der Waals surface area contributed by atoms with E-state index in [-0.39, 0.29) is 5.76 Å². The quantitative estimate of drug-likeness (QED) is 0.271. The number of ether oxygens (including phenoxy) is 5. The van der Waals surface area contributed by atoms with E-state index >= 15 is 0 Å². The smallest absolute Gasteiger partial charge is 0.373 e. The lowest BCUT2D eigenvalue weighted by atomic mass is 9.91. The predicted octanol–water partition coefficient (Wildman–Crippen LogP) is 0.872. The van der Waals surface area contributed by atoms with Gasteiger partial charge >= 0.3 is 29.9 Å². The first-order valence-electron chi connectivity index (χ1n) is 12.2.